The van der Waals surface area contributed by atoms with E-state index in [1.807, 2.05) is 43.1 Å². The van der Waals surface area contributed by atoms with Crippen LogP contribution in [-0.2, 0) is 0 Å². The lowest BCUT2D eigenvalue weighted by molar-refractivity contribution is 0.0681. The van der Waals surface area contributed by atoms with Crippen LogP contribution in [0.2, 0.25) is 0 Å². The van der Waals surface area contributed by atoms with Gasteiger partial charge in [-0.1, -0.05) is 17.3 Å². The summed E-state index contributed by atoms with van der Waals surface area (Å²) in [7, 11) is 1.98. The normalized spacial score (nSPS) is 15.7. The molecule has 1 aliphatic heterocycles. The average molecular weight is 327 g/mol. The Morgan fingerprint density at radius 2 is 2.12 bits per heavy atom. The van der Waals surface area contributed by atoms with Crippen LogP contribution in [0.15, 0.2) is 30.5 Å². The monoisotopic (exact) mass is 327 g/mol. The molecular formula is C18H25N5O. The Bertz CT molecular complexity index is 688. The highest BCUT2D eigenvalue weighted by molar-refractivity contribution is 5.92. The van der Waals surface area contributed by atoms with E-state index in [1.54, 1.807) is 10.9 Å². The molecule has 3 rings (SSSR count). The van der Waals surface area contributed by atoms with Crippen molar-refractivity contribution in [3.05, 3.63) is 41.7 Å². The summed E-state index contributed by atoms with van der Waals surface area (Å²) in [5.74, 6) is 0.699. The molecule has 1 amide bonds. The van der Waals surface area contributed by atoms with Gasteiger partial charge in [0.25, 0.3) is 5.91 Å². The second kappa shape index (κ2) is 7.57. The molecule has 1 fully saturated rings. The molecule has 128 valence electrons. The van der Waals surface area contributed by atoms with Crippen LogP contribution < -0.4 is 5.32 Å². The predicted octanol–water partition coefficient (Wildman–Crippen LogP) is 2.04. The van der Waals surface area contributed by atoms with Gasteiger partial charge in [-0.05, 0) is 63.4 Å². The molecule has 1 aliphatic rings. The van der Waals surface area contributed by atoms with Gasteiger partial charge in [-0.3, -0.25) is 4.79 Å². The average Bonchev–Trinajstić information content (AvgIpc) is 3.10. The maximum absolute atomic E-state index is 12.6. The molecular weight excluding hydrogens is 302 g/mol. The molecule has 0 radical (unpaired) electrons. The summed E-state index contributed by atoms with van der Waals surface area (Å²) in [5.41, 5.74) is 2.50. The Morgan fingerprint density at radius 3 is 2.83 bits per heavy atom. The smallest absolute Gasteiger partial charge is 0.276 e. The topological polar surface area (TPSA) is 63.1 Å². The molecule has 1 aromatic heterocycles. The van der Waals surface area contributed by atoms with E-state index in [2.05, 4.69) is 15.6 Å². The van der Waals surface area contributed by atoms with Gasteiger partial charge in [0.1, 0.15) is 0 Å². The van der Waals surface area contributed by atoms with Gasteiger partial charge in [0.15, 0.2) is 5.69 Å². The van der Waals surface area contributed by atoms with E-state index in [0.717, 1.165) is 43.7 Å². The number of piperidine rings is 1. The Balaban J connectivity index is 1.62. The fraction of sp³-hybridized carbons (Fsp3) is 0.500. The van der Waals surface area contributed by atoms with E-state index in [1.165, 1.54) is 6.42 Å². The van der Waals surface area contributed by atoms with Crippen molar-refractivity contribution in [1.29, 1.82) is 0 Å². The fourth-order valence-electron chi connectivity index (χ4n) is 3.19. The number of aryl methyl sites for hydroxylation is 1. The highest BCUT2D eigenvalue weighted by atomic mass is 16.2. The van der Waals surface area contributed by atoms with Gasteiger partial charge >= 0.3 is 0 Å². The van der Waals surface area contributed by atoms with Crippen molar-refractivity contribution in [2.45, 2.75) is 26.2 Å². The summed E-state index contributed by atoms with van der Waals surface area (Å²) in [5, 5.41) is 11.4. The second-order valence-corrected chi connectivity index (χ2v) is 6.52. The molecule has 1 N–H and O–H groups in total. The maximum atomic E-state index is 12.6. The Morgan fingerprint density at radius 1 is 1.33 bits per heavy atom. The van der Waals surface area contributed by atoms with E-state index in [9.17, 15) is 4.79 Å². The molecule has 2 aromatic rings. The summed E-state index contributed by atoms with van der Waals surface area (Å²) in [6, 6.07) is 7.99. The van der Waals surface area contributed by atoms with Crippen LogP contribution in [0.5, 0.6) is 0 Å². The van der Waals surface area contributed by atoms with Gasteiger partial charge in [-0.25, -0.2) is 4.68 Å². The molecule has 6 heteroatoms. The van der Waals surface area contributed by atoms with E-state index in [0.29, 0.717) is 11.6 Å². The molecule has 0 spiro atoms. The van der Waals surface area contributed by atoms with E-state index < -0.39 is 0 Å². The molecule has 0 saturated carbocycles. The molecule has 24 heavy (non-hydrogen) atoms. The minimum atomic E-state index is -0.0130. The number of carbonyl (C=O) groups is 1. The number of carbonyl (C=O) groups excluding carboxylic acids is 1. The summed E-state index contributed by atoms with van der Waals surface area (Å²) >= 11 is 0. The van der Waals surface area contributed by atoms with Crippen molar-refractivity contribution < 1.29 is 4.79 Å². The maximum Gasteiger partial charge on any atom is 0.276 e. The SMILES string of the molecule is CNCCC1CCN(C(=O)c2cn(-c3cccc(C)c3)nn2)CC1. The highest BCUT2D eigenvalue weighted by Crippen LogP contribution is 2.21. The Labute approximate surface area is 142 Å². The third-order valence-corrected chi connectivity index (χ3v) is 4.68. The van der Waals surface area contributed by atoms with Gasteiger partial charge in [-0.15, -0.1) is 5.10 Å². The van der Waals surface area contributed by atoms with E-state index >= 15 is 0 Å². The van der Waals surface area contributed by atoms with Crippen molar-refractivity contribution in [2.75, 3.05) is 26.7 Å². The number of amides is 1. The largest absolute Gasteiger partial charge is 0.337 e. The predicted molar refractivity (Wildman–Crippen MR) is 93.3 cm³/mol. The van der Waals surface area contributed by atoms with Gasteiger partial charge in [0, 0.05) is 13.1 Å². The van der Waals surface area contributed by atoms with Crippen LogP contribution in [0, 0.1) is 12.8 Å². The number of aromatic nitrogens is 3. The number of rotatable bonds is 5. The molecule has 0 aliphatic carbocycles. The number of hydrogen-bond acceptors (Lipinski definition) is 4. The lowest BCUT2D eigenvalue weighted by Gasteiger charge is -2.31. The van der Waals surface area contributed by atoms with Crippen LogP contribution in [-0.4, -0.2) is 52.5 Å². The van der Waals surface area contributed by atoms with Crippen molar-refractivity contribution >= 4 is 5.91 Å². The van der Waals surface area contributed by atoms with Crippen molar-refractivity contribution in [3.8, 4) is 5.69 Å². The van der Waals surface area contributed by atoms with Crippen LogP contribution >= 0.6 is 0 Å². The van der Waals surface area contributed by atoms with Crippen LogP contribution in [0.4, 0.5) is 0 Å². The highest BCUT2D eigenvalue weighted by Gasteiger charge is 2.25. The zero-order valence-electron chi connectivity index (χ0n) is 14.4. The van der Waals surface area contributed by atoms with Crippen LogP contribution in [0.25, 0.3) is 5.69 Å². The summed E-state index contributed by atoms with van der Waals surface area (Å²) < 4.78 is 1.67. The molecule has 1 saturated heterocycles. The molecule has 2 heterocycles. The molecule has 0 unspecified atom stereocenters. The number of hydrogen-bond donors (Lipinski definition) is 1. The van der Waals surface area contributed by atoms with Gasteiger partial charge < -0.3 is 10.2 Å². The van der Waals surface area contributed by atoms with Gasteiger partial charge in [0.05, 0.1) is 11.9 Å². The first-order chi connectivity index (χ1) is 11.7. The summed E-state index contributed by atoms with van der Waals surface area (Å²) in [4.78, 5) is 14.5. The minimum Gasteiger partial charge on any atom is -0.337 e. The summed E-state index contributed by atoms with van der Waals surface area (Å²) in [6.07, 6.45) is 5.05. The Kier molecular flexibility index (Phi) is 5.25. The number of benzene rings is 1. The first-order valence-corrected chi connectivity index (χ1v) is 8.60. The second-order valence-electron chi connectivity index (χ2n) is 6.52. The molecule has 1 aromatic carbocycles. The first-order valence-electron chi connectivity index (χ1n) is 8.60. The number of nitrogens with zero attached hydrogens (tertiary/aromatic N) is 4. The quantitative estimate of drug-likeness (QED) is 0.913. The van der Waals surface area contributed by atoms with Crippen molar-refractivity contribution in [1.82, 2.24) is 25.2 Å². The fourth-order valence-corrected chi connectivity index (χ4v) is 3.19. The molecule has 0 bridgehead atoms. The summed E-state index contributed by atoms with van der Waals surface area (Å²) in [6.45, 7) is 4.70. The van der Waals surface area contributed by atoms with Gasteiger partial charge in [-0.2, -0.15) is 0 Å². The molecule has 6 nitrogen and oxygen atoms in total. The minimum absolute atomic E-state index is 0.0130. The Hall–Kier alpha value is -2.21. The standard InChI is InChI=1S/C18H25N5O/c1-14-4-3-5-16(12-14)23-13-17(20-21-23)18(24)22-10-7-15(8-11-22)6-9-19-2/h3-5,12-13,15,19H,6-11H2,1-2H3. The lowest BCUT2D eigenvalue weighted by atomic mass is 9.93. The number of nitrogens with one attached hydrogen (secondary N) is 1. The van der Waals surface area contributed by atoms with Crippen LogP contribution in [0.3, 0.4) is 0 Å². The van der Waals surface area contributed by atoms with Gasteiger partial charge in [0.2, 0.25) is 0 Å². The van der Waals surface area contributed by atoms with Crippen LogP contribution in [0.1, 0.15) is 35.3 Å². The lowest BCUT2D eigenvalue weighted by Crippen LogP contribution is -2.39. The van der Waals surface area contributed by atoms with E-state index in [-0.39, 0.29) is 5.91 Å². The number of likely N-dealkylation sites (tertiary alicyclic amines) is 1. The third-order valence-electron chi connectivity index (χ3n) is 4.68. The van der Waals surface area contributed by atoms with Crippen molar-refractivity contribution in [3.63, 3.8) is 0 Å². The van der Waals surface area contributed by atoms with Crippen molar-refractivity contribution in [2.24, 2.45) is 5.92 Å². The third kappa shape index (κ3) is 3.82. The zero-order chi connectivity index (χ0) is 16.9. The first kappa shape index (κ1) is 16.6. The molecule has 0 atom stereocenters. The van der Waals surface area contributed by atoms with E-state index in [4.69, 9.17) is 0 Å². The zero-order valence-corrected chi connectivity index (χ0v) is 14.4.